The van der Waals surface area contributed by atoms with Crippen LogP contribution >= 0.6 is 0 Å². The van der Waals surface area contributed by atoms with Crippen molar-refractivity contribution < 1.29 is 9.84 Å². The molecule has 2 N–H and O–H groups in total. The van der Waals surface area contributed by atoms with Crippen LogP contribution < -0.4 is 10.1 Å². The molecule has 0 aromatic heterocycles. The molecule has 1 aromatic carbocycles. The predicted octanol–water partition coefficient (Wildman–Crippen LogP) is 3.37. The number of nitrogens with one attached hydrogen (secondary N) is 1. The Morgan fingerprint density at radius 3 is 2.48 bits per heavy atom. The molecule has 3 heteroatoms. The molecule has 2 atom stereocenters. The van der Waals surface area contributed by atoms with E-state index in [4.69, 9.17) is 4.74 Å². The summed E-state index contributed by atoms with van der Waals surface area (Å²) >= 11 is 0. The van der Waals surface area contributed by atoms with Crippen molar-refractivity contribution in [2.45, 2.75) is 56.6 Å². The maximum atomic E-state index is 10.6. The minimum atomic E-state index is -0.307. The molecule has 4 saturated carbocycles. The monoisotopic (exact) mass is 315 g/mol. The van der Waals surface area contributed by atoms with Gasteiger partial charge in [0.15, 0.2) is 0 Å². The van der Waals surface area contributed by atoms with Crippen molar-refractivity contribution in [1.82, 2.24) is 5.32 Å². The zero-order chi connectivity index (χ0) is 15.7. The average molecular weight is 315 g/mol. The number of para-hydroxylation sites is 1. The molecule has 2 unspecified atom stereocenters. The van der Waals surface area contributed by atoms with Gasteiger partial charge in [-0.05, 0) is 81.4 Å². The third-order valence-electron chi connectivity index (χ3n) is 6.20. The highest BCUT2D eigenvalue weighted by Gasteiger charge is 2.54. The van der Waals surface area contributed by atoms with E-state index in [0.29, 0.717) is 17.9 Å². The Labute approximate surface area is 139 Å². The summed E-state index contributed by atoms with van der Waals surface area (Å²) in [4.78, 5) is 0. The fourth-order valence-electron chi connectivity index (χ4n) is 5.52. The molecule has 0 saturated heterocycles. The molecule has 3 nitrogen and oxygen atoms in total. The highest BCUT2D eigenvalue weighted by atomic mass is 16.5. The number of benzene rings is 1. The molecule has 5 rings (SSSR count). The SMILES string of the molecule is OC12CC3CC(C1)C(NCCCCOc1ccccc1)C(C3)C2. The average Bonchev–Trinajstić information content (AvgIpc) is 2.52. The fourth-order valence-corrected chi connectivity index (χ4v) is 5.52. The van der Waals surface area contributed by atoms with Gasteiger partial charge < -0.3 is 15.2 Å². The highest BCUT2D eigenvalue weighted by Crippen LogP contribution is 2.55. The van der Waals surface area contributed by atoms with Gasteiger partial charge in [-0.25, -0.2) is 0 Å². The molecule has 0 radical (unpaired) electrons. The second kappa shape index (κ2) is 6.45. The Kier molecular flexibility index (Phi) is 4.33. The van der Waals surface area contributed by atoms with E-state index < -0.39 is 0 Å². The van der Waals surface area contributed by atoms with Crippen molar-refractivity contribution >= 4 is 0 Å². The summed E-state index contributed by atoms with van der Waals surface area (Å²) in [6.07, 6.45) is 8.08. The summed E-state index contributed by atoms with van der Waals surface area (Å²) in [6, 6.07) is 10.7. The summed E-state index contributed by atoms with van der Waals surface area (Å²) in [5, 5.41) is 14.4. The summed E-state index contributed by atoms with van der Waals surface area (Å²) < 4.78 is 5.74. The molecule has 0 amide bonds. The maximum absolute atomic E-state index is 10.6. The first-order valence-corrected chi connectivity index (χ1v) is 9.35. The van der Waals surface area contributed by atoms with E-state index >= 15 is 0 Å². The minimum absolute atomic E-state index is 0.307. The molecule has 4 aliphatic rings. The van der Waals surface area contributed by atoms with Crippen LogP contribution in [-0.4, -0.2) is 29.9 Å². The third kappa shape index (κ3) is 3.41. The number of unbranched alkanes of at least 4 members (excludes halogenated alkanes) is 1. The summed E-state index contributed by atoms with van der Waals surface area (Å²) in [5.41, 5.74) is -0.307. The number of hydrogen-bond donors (Lipinski definition) is 2. The van der Waals surface area contributed by atoms with Crippen LogP contribution in [0.3, 0.4) is 0 Å². The van der Waals surface area contributed by atoms with Crippen molar-refractivity contribution in [2.75, 3.05) is 13.2 Å². The molecule has 23 heavy (non-hydrogen) atoms. The Bertz CT molecular complexity index is 502. The standard InChI is InChI=1S/C20H29NO2/c22-20-12-15-10-16(13-20)19(17(11-15)14-20)21-8-4-5-9-23-18-6-2-1-3-7-18/h1-3,6-7,15-17,19,21-22H,4-5,8-14H2. The van der Waals surface area contributed by atoms with Gasteiger partial charge in [0.05, 0.1) is 12.2 Å². The van der Waals surface area contributed by atoms with Crippen molar-refractivity contribution in [3.05, 3.63) is 30.3 Å². The Balaban J connectivity index is 1.16. The molecule has 0 aliphatic heterocycles. The first-order chi connectivity index (χ1) is 11.2. The Morgan fingerprint density at radius 2 is 1.78 bits per heavy atom. The van der Waals surface area contributed by atoms with Gasteiger partial charge in [-0.3, -0.25) is 0 Å². The zero-order valence-corrected chi connectivity index (χ0v) is 13.9. The number of aliphatic hydroxyl groups is 1. The quantitative estimate of drug-likeness (QED) is 0.758. The van der Waals surface area contributed by atoms with Gasteiger partial charge in [0.1, 0.15) is 5.75 Å². The fraction of sp³-hybridized carbons (Fsp3) is 0.700. The first-order valence-electron chi connectivity index (χ1n) is 9.35. The Hall–Kier alpha value is -1.06. The Morgan fingerprint density at radius 1 is 1.04 bits per heavy atom. The zero-order valence-electron chi connectivity index (χ0n) is 13.9. The third-order valence-corrected chi connectivity index (χ3v) is 6.20. The van der Waals surface area contributed by atoms with E-state index in [1.165, 1.54) is 12.8 Å². The van der Waals surface area contributed by atoms with Crippen molar-refractivity contribution in [1.29, 1.82) is 0 Å². The number of ether oxygens (including phenoxy) is 1. The minimum Gasteiger partial charge on any atom is -0.494 e. The normalized spacial score (nSPS) is 38.0. The van der Waals surface area contributed by atoms with Crippen LogP contribution in [0.15, 0.2) is 30.3 Å². The second-order valence-corrected chi connectivity index (χ2v) is 8.04. The van der Waals surface area contributed by atoms with Gasteiger partial charge in [-0.1, -0.05) is 18.2 Å². The predicted molar refractivity (Wildman–Crippen MR) is 91.5 cm³/mol. The van der Waals surface area contributed by atoms with Crippen LogP contribution in [-0.2, 0) is 0 Å². The summed E-state index contributed by atoms with van der Waals surface area (Å²) in [7, 11) is 0. The highest BCUT2D eigenvalue weighted by molar-refractivity contribution is 5.20. The molecule has 126 valence electrons. The first kappa shape index (κ1) is 15.5. The summed E-state index contributed by atoms with van der Waals surface area (Å²) in [6.45, 7) is 1.88. The molecule has 0 spiro atoms. The van der Waals surface area contributed by atoms with Crippen LogP contribution in [0.2, 0.25) is 0 Å². The van der Waals surface area contributed by atoms with Crippen molar-refractivity contribution in [3.63, 3.8) is 0 Å². The van der Waals surface area contributed by atoms with Crippen LogP contribution in [0, 0.1) is 17.8 Å². The van der Waals surface area contributed by atoms with E-state index in [2.05, 4.69) is 5.32 Å². The maximum Gasteiger partial charge on any atom is 0.119 e. The van der Waals surface area contributed by atoms with Crippen LogP contribution in [0.5, 0.6) is 5.75 Å². The smallest absolute Gasteiger partial charge is 0.119 e. The van der Waals surface area contributed by atoms with Gasteiger partial charge in [0, 0.05) is 6.04 Å². The lowest BCUT2D eigenvalue weighted by molar-refractivity contribution is -0.138. The molecular weight excluding hydrogens is 286 g/mol. The van der Waals surface area contributed by atoms with Crippen molar-refractivity contribution in [2.24, 2.45) is 17.8 Å². The molecular formula is C20H29NO2. The van der Waals surface area contributed by atoms with E-state index in [9.17, 15) is 5.11 Å². The molecule has 0 heterocycles. The molecule has 4 fully saturated rings. The van der Waals surface area contributed by atoms with Gasteiger partial charge in [-0.2, -0.15) is 0 Å². The van der Waals surface area contributed by atoms with E-state index in [1.807, 2.05) is 30.3 Å². The number of rotatable bonds is 7. The van der Waals surface area contributed by atoms with E-state index in [-0.39, 0.29) is 5.60 Å². The summed E-state index contributed by atoms with van der Waals surface area (Å²) in [5.74, 6) is 3.20. The van der Waals surface area contributed by atoms with Crippen LogP contribution in [0.25, 0.3) is 0 Å². The second-order valence-electron chi connectivity index (χ2n) is 8.04. The van der Waals surface area contributed by atoms with E-state index in [1.54, 1.807) is 0 Å². The van der Waals surface area contributed by atoms with Gasteiger partial charge in [-0.15, -0.1) is 0 Å². The molecule has 1 aromatic rings. The van der Waals surface area contributed by atoms with Gasteiger partial charge in [0.2, 0.25) is 0 Å². The van der Waals surface area contributed by atoms with Gasteiger partial charge >= 0.3 is 0 Å². The largest absolute Gasteiger partial charge is 0.494 e. The lowest BCUT2D eigenvalue weighted by atomic mass is 9.52. The lowest BCUT2D eigenvalue weighted by Crippen LogP contribution is -2.60. The van der Waals surface area contributed by atoms with Crippen LogP contribution in [0.1, 0.15) is 44.9 Å². The van der Waals surface area contributed by atoms with Crippen LogP contribution in [0.4, 0.5) is 0 Å². The van der Waals surface area contributed by atoms with E-state index in [0.717, 1.165) is 56.9 Å². The molecule has 4 aliphatic carbocycles. The topological polar surface area (TPSA) is 41.5 Å². The van der Waals surface area contributed by atoms with Gasteiger partial charge in [0.25, 0.3) is 0 Å². The van der Waals surface area contributed by atoms with Crippen molar-refractivity contribution in [3.8, 4) is 5.75 Å². The number of hydrogen-bond acceptors (Lipinski definition) is 3. The lowest BCUT2D eigenvalue weighted by Gasteiger charge is -2.58. The molecule has 4 bridgehead atoms.